The lowest BCUT2D eigenvalue weighted by atomic mass is 10.1. The standard InChI is InChI=1S/C18H23N3O2S/c1-4-16-11-19-17(24-16)13(3)20-12(2)14-5-7-15(8-6-14)21-9-10-23-18(21)22/h5-8,11-13,20H,4,9-10H2,1-3H3. The van der Waals surface area contributed by atoms with Crippen molar-refractivity contribution in [2.75, 3.05) is 18.1 Å². The van der Waals surface area contributed by atoms with Gasteiger partial charge < -0.3 is 10.1 Å². The van der Waals surface area contributed by atoms with Crippen LogP contribution in [0.1, 0.15) is 48.3 Å². The van der Waals surface area contributed by atoms with Crippen LogP contribution < -0.4 is 10.2 Å². The largest absolute Gasteiger partial charge is 0.447 e. The summed E-state index contributed by atoms with van der Waals surface area (Å²) in [5.41, 5.74) is 2.07. The Morgan fingerprint density at radius 1 is 1.29 bits per heavy atom. The lowest BCUT2D eigenvalue weighted by molar-refractivity contribution is 0.181. The molecule has 2 aromatic rings. The lowest BCUT2D eigenvalue weighted by Crippen LogP contribution is -2.24. The second kappa shape index (κ2) is 7.32. The minimum atomic E-state index is -0.266. The number of nitrogens with one attached hydrogen (secondary N) is 1. The van der Waals surface area contributed by atoms with Crippen molar-refractivity contribution in [3.63, 3.8) is 0 Å². The highest BCUT2D eigenvalue weighted by Gasteiger charge is 2.23. The molecule has 1 fully saturated rings. The molecule has 0 saturated carbocycles. The number of hydrogen-bond donors (Lipinski definition) is 1. The van der Waals surface area contributed by atoms with Crippen LogP contribution >= 0.6 is 11.3 Å². The highest BCUT2D eigenvalue weighted by atomic mass is 32.1. The Bertz CT molecular complexity index is 699. The summed E-state index contributed by atoms with van der Waals surface area (Å²) >= 11 is 1.77. The maximum absolute atomic E-state index is 11.6. The normalized spacial score (nSPS) is 17.0. The molecule has 2 atom stereocenters. The Hall–Kier alpha value is -1.92. The van der Waals surface area contributed by atoms with Gasteiger partial charge in [0.25, 0.3) is 0 Å². The summed E-state index contributed by atoms with van der Waals surface area (Å²) in [7, 11) is 0. The maximum atomic E-state index is 11.6. The van der Waals surface area contributed by atoms with Crippen LogP contribution in [0.25, 0.3) is 0 Å². The van der Waals surface area contributed by atoms with E-state index < -0.39 is 0 Å². The average molecular weight is 345 g/mol. The SMILES string of the molecule is CCc1cnc(C(C)NC(C)c2ccc(N3CCOC3=O)cc2)s1. The van der Waals surface area contributed by atoms with E-state index in [2.05, 4.69) is 43.2 Å². The number of thiazole rings is 1. The molecule has 24 heavy (non-hydrogen) atoms. The molecule has 1 N–H and O–H groups in total. The predicted molar refractivity (Wildman–Crippen MR) is 96.6 cm³/mol. The average Bonchev–Trinajstić information content (AvgIpc) is 3.23. The molecule has 1 saturated heterocycles. The van der Waals surface area contributed by atoms with Gasteiger partial charge in [-0.25, -0.2) is 9.78 Å². The van der Waals surface area contributed by atoms with Crippen LogP contribution in [-0.2, 0) is 11.2 Å². The molecule has 0 bridgehead atoms. The van der Waals surface area contributed by atoms with Crippen molar-refractivity contribution in [3.8, 4) is 0 Å². The zero-order valence-electron chi connectivity index (χ0n) is 14.3. The van der Waals surface area contributed by atoms with Crippen LogP contribution in [0.15, 0.2) is 30.5 Å². The molecule has 1 aliphatic rings. The summed E-state index contributed by atoms with van der Waals surface area (Å²) in [6, 6.07) is 8.48. The van der Waals surface area contributed by atoms with Gasteiger partial charge in [0, 0.05) is 22.8 Å². The van der Waals surface area contributed by atoms with Gasteiger partial charge in [-0.05, 0) is 38.0 Å². The molecule has 0 radical (unpaired) electrons. The van der Waals surface area contributed by atoms with E-state index >= 15 is 0 Å². The molecule has 128 valence electrons. The Balaban J connectivity index is 1.64. The van der Waals surface area contributed by atoms with Crippen LogP contribution in [-0.4, -0.2) is 24.2 Å². The van der Waals surface area contributed by atoms with Crippen molar-refractivity contribution < 1.29 is 9.53 Å². The summed E-state index contributed by atoms with van der Waals surface area (Å²) in [5, 5.41) is 4.71. The first kappa shape index (κ1) is 16.9. The summed E-state index contributed by atoms with van der Waals surface area (Å²) in [6.07, 6.45) is 2.73. The number of carbonyl (C=O) groups excluding carboxylic acids is 1. The third-order valence-corrected chi connectivity index (χ3v) is 5.58. The monoisotopic (exact) mass is 345 g/mol. The molecule has 2 heterocycles. The van der Waals surface area contributed by atoms with Crippen LogP contribution in [0.5, 0.6) is 0 Å². The first-order valence-corrected chi connectivity index (χ1v) is 9.15. The summed E-state index contributed by atoms with van der Waals surface area (Å²) in [5.74, 6) is 0. The Labute approximate surface area is 146 Å². The predicted octanol–water partition coefficient (Wildman–Crippen LogP) is 4.07. The molecular formula is C18H23N3O2S. The van der Waals surface area contributed by atoms with Crippen molar-refractivity contribution in [1.82, 2.24) is 10.3 Å². The second-order valence-corrected chi connectivity index (χ2v) is 7.13. The number of benzene rings is 1. The number of ether oxygens (including phenoxy) is 1. The van der Waals surface area contributed by atoms with Gasteiger partial charge in [-0.2, -0.15) is 0 Å². The van der Waals surface area contributed by atoms with Crippen LogP contribution in [0.4, 0.5) is 10.5 Å². The Morgan fingerprint density at radius 2 is 2.04 bits per heavy atom. The van der Waals surface area contributed by atoms with Gasteiger partial charge in [0.1, 0.15) is 11.6 Å². The van der Waals surface area contributed by atoms with Gasteiger partial charge in [-0.15, -0.1) is 11.3 Å². The number of rotatable bonds is 6. The quantitative estimate of drug-likeness (QED) is 0.857. The first-order chi connectivity index (χ1) is 11.6. The molecule has 3 rings (SSSR count). The van der Waals surface area contributed by atoms with E-state index in [1.54, 1.807) is 16.2 Å². The van der Waals surface area contributed by atoms with Crippen molar-refractivity contribution in [2.24, 2.45) is 0 Å². The van der Waals surface area contributed by atoms with E-state index in [9.17, 15) is 4.79 Å². The molecule has 0 spiro atoms. The molecule has 1 aromatic carbocycles. The van der Waals surface area contributed by atoms with Gasteiger partial charge in [0.2, 0.25) is 0 Å². The number of hydrogen-bond acceptors (Lipinski definition) is 5. The third kappa shape index (κ3) is 3.60. The third-order valence-electron chi connectivity index (χ3n) is 4.26. The van der Waals surface area contributed by atoms with Gasteiger partial charge in [0.05, 0.1) is 12.6 Å². The molecule has 5 nitrogen and oxygen atoms in total. The topological polar surface area (TPSA) is 54.5 Å². The zero-order valence-corrected chi connectivity index (χ0v) is 15.1. The lowest BCUT2D eigenvalue weighted by Gasteiger charge is -2.20. The van der Waals surface area contributed by atoms with E-state index in [0.717, 1.165) is 17.1 Å². The first-order valence-electron chi connectivity index (χ1n) is 8.33. The number of amides is 1. The molecular weight excluding hydrogens is 322 g/mol. The molecule has 2 unspecified atom stereocenters. The summed E-state index contributed by atoms with van der Waals surface area (Å²) < 4.78 is 4.98. The smallest absolute Gasteiger partial charge is 0.414 e. The zero-order chi connectivity index (χ0) is 17.1. The van der Waals surface area contributed by atoms with E-state index in [0.29, 0.717) is 13.2 Å². The second-order valence-electron chi connectivity index (χ2n) is 5.99. The summed E-state index contributed by atoms with van der Waals surface area (Å²) in [4.78, 5) is 19.1. The van der Waals surface area contributed by atoms with Crippen LogP contribution in [0.2, 0.25) is 0 Å². The molecule has 1 aliphatic heterocycles. The Kier molecular flexibility index (Phi) is 5.16. The number of carbonyl (C=O) groups is 1. The molecule has 1 amide bonds. The minimum absolute atomic E-state index is 0.202. The number of aromatic nitrogens is 1. The number of aryl methyl sites for hydroxylation is 1. The fraction of sp³-hybridized carbons (Fsp3) is 0.444. The highest BCUT2D eigenvalue weighted by molar-refractivity contribution is 7.11. The van der Waals surface area contributed by atoms with Crippen molar-refractivity contribution >= 4 is 23.1 Å². The number of cyclic esters (lactones) is 1. The van der Waals surface area contributed by atoms with Gasteiger partial charge >= 0.3 is 6.09 Å². The van der Waals surface area contributed by atoms with Crippen molar-refractivity contribution in [1.29, 1.82) is 0 Å². The van der Waals surface area contributed by atoms with Crippen LogP contribution in [0.3, 0.4) is 0 Å². The van der Waals surface area contributed by atoms with Crippen molar-refractivity contribution in [2.45, 2.75) is 39.3 Å². The Morgan fingerprint density at radius 3 is 2.62 bits per heavy atom. The number of nitrogens with zero attached hydrogens (tertiary/aromatic N) is 2. The fourth-order valence-corrected chi connectivity index (χ4v) is 3.67. The van der Waals surface area contributed by atoms with Gasteiger partial charge in [-0.3, -0.25) is 4.90 Å². The van der Waals surface area contributed by atoms with Gasteiger partial charge in [0.15, 0.2) is 0 Å². The summed E-state index contributed by atoms with van der Waals surface area (Å²) in [6.45, 7) is 7.51. The molecule has 1 aromatic heterocycles. The van der Waals surface area contributed by atoms with E-state index in [1.165, 1.54) is 10.4 Å². The van der Waals surface area contributed by atoms with Gasteiger partial charge in [-0.1, -0.05) is 19.1 Å². The fourth-order valence-electron chi connectivity index (χ4n) is 2.80. The minimum Gasteiger partial charge on any atom is -0.447 e. The van der Waals surface area contributed by atoms with E-state index in [1.807, 2.05) is 18.3 Å². The highest BCUT2D eigenvalue weighted by Crippen LogP contribution is 2.25. The van der Waals surface area contributed by atoms with Crippen molar-refractivity contribution in [3.05, 3.63) is 45.9 Å². The van der Waals surface area contributed by atoms with E-state index in [-0.39, 0.29) is 18.2 Å². The maximum Gasteiger partial charge on any atom is 0.414 e. The van der Waals surface area contributed by atoms with E-state index in [4.69, 9.17) is 4.74 Å². The number of anilines is 1. The molecule has 0 aliphatic carbocycles. The van der Waals surface area contributed by atoms with Crippen LogP contribution in [0, 0.1) is 0 Å². The molecule has 6 heteroatoms.